The average molecular weight is 629 g/mol. The van der Waals surface area contributed by atoms with Gasteiger partial charge < -0.3 is 23.7 Å². The quantitative estimate of drug-likeness (QED) is 0.0889. The number of thiocarbonyl (C=S) groups is 1. The minimum atomic E-state index is -2.38. The van der Waals surface area contributed by atoms with Gasteiger partial charge in [-0.3, -0.25) is 14.4 Å². The average Bonchev–Trinajstić information content (AvgIpc) is 3.41. The first-order valence-corrected chi connectivity index (χ1v) is 13.8. The van der Waals surface area contributed by atoms with Crippen LogP contribution in [-0.4, -0.2) is 48.1 Å². The molecule has 8 nitrogen and oxygen atoms in total. The van der Waals surface area contributed by atoms with Crippen molar-refractivity contribution in [2.45, 2.75) is 57.3 Å². The van der Waals surface area contributed by atoms with Crippen LogP contribution in [0.3, 0.4) is 0 Å². The number of hydrogen-bond donors (Lipinski definition) is 0. The fourth-order valence-corrected chi connectivity index (χ4v) is 8.62. The van der Waals surface area contributed by atoms with E-state index in [4.69, 9.17) is 35.9 Å². The third-order valence-corrected chi connectivity index (χ3v) is 10.2. The Balaban J connectivity index is 1.38. The molecule has 5 aliphatic rings. The number of rotatable bonds is 4. The zero-order chi connectivity index (χ0) is 31.4. The Morgan fingerprint density at radius 3 is 2.33 bits per heavy atom. The maximum atomic E-state index is 14.3. The van der Waals surface area contributed by atoms with Gasteiger partial charge >= 0.3 is 23.1 Å². The summed E-state index contributed by atoms with van der Waals surface area (Å²) in [5.41, 5.74) is -2.02. The molecule has 1 saturated heterocycles. The SMILES string of the molecule is C=C1C[C@]23C[C@@]1(OC(C)=O)CC[C@H]2C1=C[C@H]2OC(=O)[C@@](C)([C@H]1[C@@H]3C(=O)OC)[C@H]2OC(=S)Oc1c(F)c(F)c(F)c(F)c1F. The molecule has 0 radical (unpaired) electrons. The van der Waals surface area contributed by atoms with E-state index in [-0.39, 0.29) is 12.3 Å². The normalized spacial score (nSPS) is 36.7. The molecular formula is C29H25F5O8S. The number of allylic oxidation sites excluding steroid dienone is 1. The van der Waals surface area contributed by atoms with Crippen LogP contribution < -0.4 is 4.74 Å². The van der Waals surface area contributed by atoms with Crippen molar-refractivity contribution in [3.05, 3.63) is 52.9 Å². The van der Waals surface area contributed by atoms with Gasteiger partial charge in [0.2, 0.25) is 34.8 Å². The third-order valence-electron chi connectivity index (χ3n) is 9.99. The van der Waals surface area contributed by atoms with Crippen molar-refractivity contribution in [3.63, 3.8) is 0 Å². The molecule has 43 heavy (non-hydrogen) atoms. The second-order valence-corrected chi connectivity index (χ2v) is 12.3. The Bertz CT molecular complexity index is 1530. The number of methoxy groups -OCH3 is 1. The van der Waals surface area contributed by atoms with Crippen molar-refractivity contribution >= 4 is 35.4 Å². The molecule has 0 N–H and O–H groups in total. The molecule has 0 unspecified atom stereocenters. The summed E-state index contributed by atoms with van der Waals surface area (Å²) < 4.78 is 96.5. The smallest absolute Gasteiger partial charge is 0.358 e. The van der Waals surface area contributed by atoms with Crippen LogP contribution in [-0.2, 0) is 33.3 Å². The van der Waals surface area contributed by atoms with Crippen molar-refractivity contribution in [1.29, 1.82) is 0 Å². The second-order valence-electron chi connectivity index (χ2n) is 12.0. The number of fused-ring (bicyclic) bond motifs is 6. The Hall–Kier alpha value is -3.55. The molecule has 1 aliphatic heterocycles. The van der Waals surface area contributed by atoms with Gasteiger partial charge in [0.25, 0.3) is 0 Å². The van der Waals surface area contributed by atoms with Crippen molar-refractivity contribution in [2.24, 2.45) is 28.6 Å². The highest BCUT2D eigenvalue weighted by molar-refractivity contribution is 7.79. The number of benzene rings is 1. The summed E-state index contributed by atoms with van der Waals surface area (Å²) in [7, 11) is 1.21. The van der Waals surface area contributed by atoms with Gasteiger partial charge in [0, 0.05) is 25.1 Å². The first kappa shape index (κ1) is 29.5. The Kier molecular flexibility index (Phi) is 6.50. The topological polar surface area (TPSA) is 97.4 Å². The maximum Gasteiger partial charge on any atom is 0.358 e. The maximum absolute atomic E-state index is 14.3. The standard InChI is InChI=1S/C29H25F5O8S/c1-10-8-28-9-29(10,42-11(2)35)6-5-13(28)12-7-14-23(27(3,25(37)39-14)15(12)16(28)24(36)38-4)41-26(43)40-22-20(33)18(31)17(30)19(32)21(22)34/h7,13-16,23H,1,5-6,8-9H2,2-4H3/t13-,14+,15+,16+,23-,27-,28-,29-/m0/s1. The molecule has 1 aromatic carbocycles. The fraction of sp³-hybridized carbons (Fsp3) is 0.517. The molecule has 3 saturated carbocycles. The van der Waals surface area contributed by atoms with E-state index in [1.165, 1.54) is 21.0 Å². The molecule has 8 atom stereocenters. The molecule has 4 fully saturated rings. The number of ether oxygens (including phenoxy) is 5. The van der Waals surface area contributed by atoms with Crippen LogP contribution in [0.15, 0.2) is 23.8 Å². The highest BCUT2D eigenvalue weighted by Gasteiger charge is 2.77. The lowest BCUT2D eigenvalue weighted by Crippen LogP contribution is -2.52. The third kappa shape index (κ3) is 3.77. The van der Waals surface area contributed by atoms with E-state index in [1.54, 1.807) is 6.08 Å². The number of halogens is 5. The van der Waals surface area contributed by atoms with Gasteiger partial charge in [-0.25, -0.2) is 13.2 Å². The predicted molar refractivity (Wildman–Crippen MR) is 137 cm³/mol. The number of carbonyl (C=O) groups is 3. The first-order valence-electron chi connectivity index (χ1n) is 13.4. The van der Waals surface area contributed by atoms with Gasteiger partial charge in [0.15, 0.2) is 12.2 Å². The Morgan fingerprint density at radius 1 is 1.09 bits per heavy atom. The Morgan fingerprint density at radius 2 is 1.72 bits per heavy atom. The summed E-state index contributed by atoms with van der Waals surface area (Å²) in [6, 6.07) is 0. The molecule has 4 aliphatic carbocycles. The van der Waals surface area contributed by atoms with Gasteiger partial charge in [-0.05, 0) is 55.6 Å². The summed E-state index contributed by atoms with van der Waals surface area (Å²) in [5, 5.41) is -1.04. The first-order chi connectivity index (χ1) is 20.1. The summed E-state index contributed by atoms with van der Waals surface area (Å²) >= 11 is 4.97. The van der Waals surface area contributed by atoms with E-state index in [9.17, 15) is 36.3 Å². The van der Waals surface area contributed by atoms with Crippen LogP contribution in [0.2, 0.25) is 0 Å². The molecule has 1 heterocycles. The molecule has 6 rings (SSSR count). The molecule has 1 aromatic rings. The number of hydrogen-bond acceptors (Lipinski definition) is 9. The van der Waals surface area contributed by atoms with Crippen LogP contribution in [0.1, 0.15) is 39.5 Å². The van der Waals surface area contributed by atoms with Crippen LogP contribution in [0, 0.1) is 57.7 Å². The lowest BCUT2D eigenvalue weighted by atomic mass is 9.61. The van der Waals surface area contributed by atoms with E-state index in [0.29, 0.717) is 24.8 Å². The van der Waals surface area contributed by atoms with Gasteiger partial charge in [0.05, 0.1) is 13.0 Å². The molecule has 1 spiro atoms. The molecule has 230 valence electrons. The van der Waals surface area contributed by atoms with Crippen molar-refractivity contribution < 1.29 is 60.0 Å². The summed E-state index contributed by atoms with van der Waals surface area (Å²) in [5.74, 6) is -17.0. The highest BCUT2D eigenvalue weighted by atomic mass is 32.1. The lowest BCUT2D eigenvalue weighted by molar-refractivity contribution is -0.163. The minimum absolute atomic E-state index is 0.238. The predicted octanol–water partition coefficient (Wildman–Crippen LogP) is 4.77. The van der Waals surface area contributed by atoms with Crippen molar-refractivity contribution in [3.8, 4) is 5.75 Å². The van der Waals surface area contributed by atoms with Crippen LogP contribution in [0.4, 0.5) is 22.0 Å². The van der Waals surface area contributed by atoms with E-state index in [0.717, 1.165) is 5.57 Å². The Labute approximate surface area is 247 Å². The summed E-state index contributed by atoms with van der Waals surface area (Å²) in [6.07, 6.45) is 0.812. The van der Waals surface area contributed by atoms with E-state index in [2.05, 4.69) is 6.58 Å². The van der Waals surface area contributed by atoms with E-state index < -0.39 is 98.5 Å². The second kappa shape index (κ2) is 9.47. The zero-order valence-corrected chi connectivity index (χ0v) is 23.9. The van der Waals surface area contributed by atoms with Crippen LogP contribution in [0.5, 0.6) is 5.75 Å². The van der Waals surface area contributed by atoms with Gasteiger partial charge in [0.1, 0.15) is 11.0 Å². The monoisotopic (exact) mass is 628 g/mol. The van der Waals surface area contributed by atoms with Crippen molar-refractivity contribution in [1.82, 2.24) is 0 Å². The van der Waals surface area contributed by atoms with Crippen LogP contribution in [0.25, 0.3) is 0 Å². The van der Waals surface area contributed by atoms with Gasteiger partial charge in [-0.15, -0.1) is 0 Å². The summed E-state index contributed by atoms with van der Waals surface area (Å²) in [4.78, 5) is 39.2. The van der Waals surface area contributed by atoms with Crippen molar-refractivity contribution in [2.75, 3.05) is 7.11 Å². The largest absolute Gasteiger partial charge is 0.469 e. The van der Waals surface area contributed by atoms with E-state index >= 15 is 0 Å². The van der Waals surface area contributed by atoms with E-state index in [1.807, 2.05) is 0 Å². The molecule has 0 aromatic heterocycles. The lowest BCUT2D eigenvalue weighted by Gasteiger charge is -2.43. The highest BCUT2D eigenvalue weighted by Crippen LogP contribution is 2.75. The number of esters is 3. The molecule has 0 amide bonds. The molecular weight excluding hydrogens is 603 g/mol. The summed E-state index contributed by atoms with van der Waals surface area (Å²) in [6.45, 7) is 6.97. The fourth-order valence-electron chi connectivity index (χ4n) is 8.43. The van der Waals surface area contributed by atoms with Crippen LogP contribution >= 0.6 is 12.2 Å². The minimum Gasteiger partial charge on any atom is -0.469 e. The molecule has 14 heteroatoms. The van der Waals surface area contributed by atoms with Gasteiger partial charge in [-0.2, -0.15) is 8.78 Å². The molecule has 4 bridgehead atoms. The zero-order valence-electron chi connectivity index (χ0n) is 23.1. The van der Waals surface area contributed by atoms with Gasteiger partial charge in [-0.1, -0.05) is 12.2 Å². The number of carbonyl (C=O) groups excluding carboxylic acids is 3.